The lowest BCUT2D eigenvalue weighted by Crippen LogP contribution is -2.09. The number of rotatable bonds is 4. The van der Waals surface area contributed by atoms with Gasteiger partial charge in [-0.2, -0.15) is 0 Å². The predicted octanol–water partition coefficient (Wildman–Crippen LogP) is 3.78. The van der Waals surface area contributed by atoms with Crippen molar-refractivity contribution in [1.82, 2.24) is 4.98 Å². The zero-order valence-corrected chi connectivity index (χ0v) is 10.4. The third kappa shape index (κ3) is 2.77. The molecule has 2 nitrogen and oxygen atoms in total. The number of aromatic nitrogens is 1. The van der Waals surface area contributed by atoms with E-state index in [2.05, 4.69) is 36.2 Å². The molecule has 3 heteroatoms. The van der Waals surface area contributed by atoms with Crippen LogP contribution in [0.15, 0.2) is 30.5 Å². The maximum absolute atomic E-state index is 6.13. The van der Waals surface area contributed by atoms with Crippen molar-refractivity contribution >= 4 is 23.3 Å². The molecule has 1 atom stereocenters. The summed E-state index contributed by atoms with van der Waals surface area (Å²) >= 11 is 0. The molecule has 16 heavy (non-hydrogen) atoms. The second-order valence-electron chi connectivity index (χ2n) is 4.07. The van der Waals surface area contributed by atoms with Crippen molar-refractivity contribution in [3.63, 3.8) is 0 Å². The molecule has 0 aliphatic heterocycles. The van der Waals surface area contributed by atoms with Gasteiger partial charge in [0.15, 0.2) is 0 Å². The fourth-order valence-electron chi connectivity index (χ4n) is 1.89. The zero-order valence-electron chi connectivity index (χ0n) is 9.57. The number of hydrogen-bond acceptors (Lipinski definition) is 1. The zero-order chi connectivity index (χ0) is 10.7. The Balaban J connectivity index is 0.00000128. The normalized spacial score (nSPS) is 12.4. The van der Waals surface area contributed by atoms with Crippen molar-refractivity contribution in [2.45, 2.75) is 32.2 Å². The minimum atomic E-state index is 0. The Kier molecular flexibility index (Phi) is 4.84. The molecule has 0 unspecified atom stereocenters. The number of benzene rings is 1. The first-order valence-electron chi connectivity index (χ1n) is 5.64. The summed E-state index contributed by atoms with van der Waals surface area (Å²) in [6, 6.07) is 8.69. The van der Waals surface area contributed by atoms with Crippen molar-refractivity contribution < 1.29 is 0 Å². The molecular formula is C13H19ClN2. The van der Waals surface area contributed by atoms with Crippen LogP contribution in [0.1, 0.15) is 37.8 Å². The highest BCUT2D eigenvalue weighted by Crippen LogP contribution is 2.21. The van der Waals surface area contributed by atoms with Gasteiger partial charge in [-0.1, -0.05) is 31.9 Å². The molecule has 0 aliphatic rings. The Morgan fingerprint density at radius 1 is 1.31 bits per heavy atom. The van der Waals surface area contributed by atoms with Gasteiger partial charge in [0.1, 0.15) is 0 Å². The van der Waals surface area contributed by atoms with E-state index in [1.54, 1.807) is 0 Å². The molecule has 0 saturated carbocycles. The maximum Gasteiger partial charge on any atom is 0.0457 e. The van der Waals surface area contributed by atoms with Gasteiger partial charge in [-0.05, 0) is 29.5 Å². The van der Waals surface area contributed by atoms with Crippen LogP contribution in [0, 0.1) is 0 Å². The van der Waals surface area contributed by atoms with Crippen LogP contribution in [-0.2, 0) is 0 Å². The SMILES string of the molecule is CCCC[C@H](N)c1ccc2cc[nH]c2c1.Cl. The average Bonchev–Trinajstić information content (AvgIpc) is 2.72. The van der Waals surface area contributed by atoms with Gasteiger partial charge in [-0.25, -0.2) is 0 Å². The summed E-state index contributed by atoms with van der Waals surface area (Å²) in [7, 11) is 0. The molecule has 0 amide bonds. The van der Waals surface area contributed by atoms with Crippen LogP contribution in [-0.4, -0.2) is 4.98 Å². The summed E-state index contributed by atoms with van der Waals surface area (Å²) in [6.07, 6.45) is 5.44. The number of unbranched alkanes of at least 4 members (excludes halogenated alkanes) is 1. The molecule has 3 N–H and O–H groups in total. The maximum atomic E-state index is 6.13. The quantitative estimate of drug-likeness (QED) is 0.836. The van der Waals surface area contributed by atoms with Crippen LogP contribution in [0.5, 0.6) is 0 Å². The molecule has 0 aliphatic carbocycles. The summed E-state index contributed by atoms with van der Waals surface area (Å²) in [4.78, 5) is 3.22. The average molecular weight is 239 g/mol. The van der Waals surface area contributed by atoms with Crippen LogP contribution >= 0.6 is 12.4 Å². The second kappa shape index (κ2) is 5.92. The Labute approximate surface area is 103 Å². The summed E-state index contributed by atoms with van der Waals surface area (Å²) in [5.74, 6) is 0. The van der Waals surface area contributed by atoms with Crippen molar-refractivity contribution in [2.24, 2.45) is 5.73 Å². The molecule has 1 heterocycles. The third-order valence-electron chi connectivity index (χ3n) is 2.88. The highest BCUT2D eigenvalue weighted by Gasteiger charge is 2.06. The highest BCUT2D eigenvalue weighted by atomic mass is 35.5. The van der Waals surface area contributed by atoms with Crippen molar-refractivity contribution in [3.05, 3.63) is 36.0 Å². The monoisotopic (exact) mass is 238 g/mol. The molecule has 2 rings (SSSR count). The van der Waals surface area contributed by atoms with Gasteiger partial charge in [0.05, 0.1) is 0 Å². The molecule has 1 aromatic heterocycles. The van der Waals surface area contributed by atoms with Crippen LogP contribution in [0.4, 0.5) is 0 Å². The minimum absolute atomic E-state index is 0. The Bertz CT molecular complexity index is 436. The Morgan fingerprint density at radius 2 is 2.12 bits per heavy atom. The molecule has 2 aromatic rings. The molecule has 88 valence electrons. The number of nitrogens with two attached hydrogens (primary N) is 1. The Morgan fingerprint density at radius 3 is 2.88 bits per heavy atom. The fourth-order valence-corrected chi connectivity index (χ4v) is 1.89. The first-order valence-corrected chi connectivity index (χ1v) is 5.64. The van der Waals surface area contributed by atoms with E-state index in [1.165, 1.54) is 29.3 Å². The number of aromatic amines is 1. The molecule has 0 spiro atoms. The summed E-state index contributed by atoms with van der Waals surface area (Å²) in [6.45, 7) is 2.20. The predicted molar refractivity (Wildman–Crippen MR) is 72.0 cm³/mol. The van der Waals surface area contributed by atoms with Crippen molar-refractivity contribution in [2.75, 3.05) is 0 Å². The van der Waals surface area contributed by atoms with E-state index in [0.717, 1.165) is 6.42 Å². The number of hydrogen-bond donors (Lipinski definition) is 2. The van der Waals surface area contributed by atoms with E-state index >= 15 is 0 Å². The minimum Gasteiger partial charge on any atom is -0.361 e. The molecular weight excluding hydrogens is 220 g/mol. The van der Waals surface area contributed by atoms with Gasteiger partial charge in [0.25, 0.3) is 0 Å². The lowest BCUT2D eigenvalue weighted by Gasteiger charge is -2.11. The topological polar surface area (TPSA) is 41.8 Å². The summed E-state index contributed by atoms with van der Waals surface area (Å²) in [5, 5.41) is 1.25. The van der Waals surface area contributed by atoms with E-state index in [9.17, 15) is 0 Å². The van der Waals surface area contributed by atoms with Crippen LogP contribution in [0.25, 0.3) is 10.9 Å². The van der Waals surface area contributed by atoms with Crippen LogP contribution < -0.4 is 5.73 Å². The van der Waals surface area contributed by atoms with Gasteiger partial charge in [-0.3, -0.25) is 0 Å². The van der Waals surface area contributed by atoms with Crippen LogP contribution in [0.3, 0.4) is 0 Å². The van der Waals surface area contributed by atoms with Crippen molar-refractivity contribution in [1.29, 1.82) is 0 Å². The summed E-state index contributed by atoms with van der Waals surface area (Å²) < 4.78 is 0. The molecule has 0 bridgehead atoms. The molecule has 1 aromatic carbocycles. The van der Waals surface area contributed by atoms with Gasteiger partial charge >= 0.3 is 0 Å². The molecule has 0 fully saturated rings. The largest absolute Gasteiger partial charge is 0.361 e. The number of fused-ring (bicyclic) bond motifs is 1. The lowest BCUT2D eigenvalue weighted by molar-refractivity contribution is 0.604. The second-order valence-corrected chi connectivity index (χ2v) is 4.07. The molecule has 0 radical (unpaired) electrons. The first-order chi connectivity index (χ1) is 7.31. The smallest absolute Gasteiger partial charge is 0.0457 e. The standard InChI is InChI=1S/C13H18N2.ClH/c1-2-3-4-12(14)11-6-5-10-7-8-15-13(10)9-11;/h5-9,12,15H,2-4,14H2,1H3;1H/t12-;/m0./s1. The lowest BCUT2D eigenvalue weighted by atomic mass is 10.0. The third-order valence-corrected chi connectivity index (χ3v) is 2.88. The van der Waals surface area contributed by atoms with E-state index < -0.39 is 0 Å². The van der Waals surface area contributed by atoms with E-state index in [0.29, 0.717) is 0 Å². The van der Waals surface area contributed by atoms with Gasteiger partial charge in [0, 0.05) is 17.8 Å². The molecule has 0 saturated heterocycles. The number of H-pyrrole nitrogens is 1. The van der Waals surface area contributed by atoms with Crippen LogP contribution in [0.2, 0.25) is 0 Å². The Hall–Kier alpha value is -0.990. The van der Waals surface area contributed by atoms with E-state index in [4.69, 9.17) is 5.73 Å². The first kappa shape index (κ1) is 13.1. The fraction of sp³-hybridized carbons (Fsp3) is 0.385. The number of nitrogens with one attached hydrogen (secondary N) is 1. The van der Waals surface area contributed by atoms with Crippen molar-refractivity contribution in [3.8, 4) is 0 Å². The van der Waals surface area contributed by atoms with Gasteiger partial charge in [0.2, 0.25) is 0 Å². The van der Waals surface area contributed by atoms with Gasteiger partial charge < -0.3 is 10.7 Å². The summed E-state index contributed by atoms with van der Waals surface area (Å²) in [5.41, 5.74) is 8.54. The van der Waals surface area contributed by atoms with E-state index in [-0.39, 0.29) is 18.4 Å². The highest BCUT2D eigenvalue weighted by molar-refractivity contribution is 5.85. The van der Waals surface area contributed by atoms with Gasteiger partial charge in [-0.15, -0.1) is 12.4 Å². The van der Waals surface area contributed by atoms with E-state index in [1.807, 2.05) is 6.20 Å². The number of halogens is 1.